The summed E-state index contributed by atoms with van der Waals surface area (Å²) in [5.41, 5.74) is 5.32. The van der Waals surface area contributed by atoms with Crippen molar-refractivity contribution < 1.29 is 18.0 Å². The van der Waals surface area contributed by atoms with Crippen molar-refractivity contribution in [2.45, 2.75) is 19.6 Å². The maximum absolute atomic E-state index is 12.3. The first-order valence-electron chi connectivity index (χ1n) is 5.45. The van der Waals surface area contributed by atoms with Gasteiger partial charge in [-0.2, -0.15) is 13.2 Å². The second-order valence-electron chi connectivity index (χ2n) is 3.72. The minimum Gasteiger partial charge on any atom is -0.335 e. The van der Waals surface area contributed by atoms with E-state index in [0.717, 1.165) is 0 Å². The van der Waals surface area contributed by atoms with Crippen LogP contribution < -0.4 is 5.73 Å². The van der Waals surface area contributed by atoms with E-state index < -0.39 is 18.6 Å². The first-order valence-corrected chi connectivity index (χ1v) is 5.45. The van der Waals surface area contributed by atoms with E-state index in [1.807, 2.05) is 0 Å². The van der Waals surface area contributed by atoms with Crippen molar-refractivity contribution in [3.63, 3.8) is 0 Å². The number of carbonyl (C=O) groups is 1. The van der Waals surface area contributed by atoms with Gasteiger partial charge in [-0.25, -0.2) is 4.98 Å². The Morgan fingerprint density at radius 2 is 2.22 bits per heavy atom. The third-order valence-corrected chi connectivity index (χ3v) is 2.28. The molecule has 1 amide bonds. The quantitative estimate of drug-likeness (QED) is 0.858. The van der Waals surface area contributed by atoms with Crippen molar-refractivity contribution in [3.05, 3.63) is 18.2 Å². The van der Waals surface area contributed by atoms with Gasteiger partial charge in [-0.05, 0) is 6.92 Å². The van der Waals surface area contributed by atoms with Crippen molar-refractivity contribution in [2.24, 2.45) is 5.73 Å². The van der Waals surface area contributed by atoms with Gasteiger partial charge >= 0.3 is 6.18 Å². The summed E-state index contributed by atoms with van der Waals surface area (Å²) in [5.74, 6) is -0.731. The first kappa shape index (κ1) is 14.5. The third kappa shape index (κ3) is 4.02. The van der Waals surface area contributed by atoms with E-state index in [1.165, 1.54) is 19.4 Å². The van der Waals surface area contributed by atoms with Crippen molar-refractivity contribution in [1.82, 2.24) is 14.5 Å². The number of halogens is 3. The fourth-order valence-corrected chi connectivity index (χ4v) is 1.45. The molecule has 1 heterocycles. The van der Waals surface area contributed by atoms with Gasteiger partial charge in [-0.1, -0.05) is 0 Å². The molecule has 5 nitrogen and oxygen atoms in total. The van der Waals surface area contributed by atoms with E-state index in [1.54, 1.807) is 4.57 Å². The van der Waals surface area contributed by atoms with Crippen molar-refractivity contribution in [3.8, 4) is 0 Å². The molecule has 0 saturated carbocycles. The minimum absolute atomic E-state index is 0.00505. The summed E-state index contributed by atoms with van der Waals surface area (Å²) in [6.07, 6.45) is -1.64. The molecule has 0 spiro atoms. The lowest BCUT2D eigenvalue weighted by atomic mass is 10.3. The van der Waals surface area contributed by atoms with E-state index in [0.29, 0.717) is 18.0 Å². The molecule has 0 aliphatic rings. The number of carbonyl (C=O) groups excluding carboxylic acids is 1. The number of rotatable bonds is 5. The second-order valence-corrected chi connectivity index (χ2v) is 3.72. The Hall–Kier alpha value is -1.57. The first-order chi connectivity index (χ1) is 8.37. The van der Waals surface area contributed by atoms with Crippen LogP contribution in [0.3, 0.4) is 0 Å². The number of nitrogens with two attached hydrogens (primary N) is 1. The van der Waals surface area contributed by atoms with Crippen LogP contribution in [0.2, 0.25) is 0 Å². The van der Waals surface area contributed by atoms with Gasteiger partial charge in [0.05, 0.1) is 6.33 Å². The highest BCUT2D eigenvalue weighted by atomic mass is 19.4. The van der Waals surface area contributed by atoms with Gasteiger partial charge in [0.25, 0.3) is 5.91 Å². The zero-order chi connectivity index (χ0) is 13.8. The summed E-state index contributed by atoms with van der Waals surface area (Å²) in [6, 6.07) is 0. The largest absolute Gasteiger partial charge is 0.406 e. The fourth-order valence-electron chi connectivity index (χ4n) is 1.45. The van der Waals surface area contributed by atoms with Crippen molar-refractivity contribution >= 4 is 5.91 Å². The van der Waals surface area contributed by atoms with E-state index in [4.69, 9.17) is 5.73 Å². The van der Waals surface area contributed by atoms with Gasteiger partial charge in [0, 0.05) is 25.8 Å². The zero-order valence-corrected chi connectivity index (χ0v) is 9.94. The Labute approximate surface area is 102 Å². The molecule has 0 aliphatic heterocycles. The molecule has 2 N–H and O–H groups in total. The second kappa shape index (κ2) is 5.85. The smallest absolute Gasteiger partial charge is 0.335 e. The summed E-state index contributed by atoms with van der Waals surface area (Å²) in [4.78, 5) is 16.3. The molecule has 1 aromatic heterocycles. The molecule has 8 heteroatoms. The van der Waals surface area contributed by atoms with Gasteiger partial charge in [0.2, 0.25) is 0 Å². The van der Waals surface area contributed by atoms with E-state index in [9.17, 15) is 18.0 Å². The number of hydrogen-bond acceptors (Lipinski definition) is 3. The van der Waals surface area contributed by atoms with E-state index in [2.05, 4.69) is 4.98 Å². The van der Waals surface area contributed by atoms with Gasteiger partial charge in [0.15, 0.2) is 0 Å². The number of nitrogens with zero attached hydrogens (tertiary/aromatic N) is 3. The molecule has 0 unspecified atom stereocenters. The molecule has 0 radical (unpaired) electrons. The lowest BCUT2D eigenvalue weighted by molar-refractivity contribution is -0.140. The number of alkyl halides is 3. The number of hydrogen-bond donors (Lipinski definition) is 1. The fraction of sp³-hybridized carbons (Fsp3) is 0.600. The Morgan fingerprint density at radius 3 is 2.72 bits per heavy atom. The molecule has 0 aromatic carbocycles. The number of aromatic nitrogens is 2. The summed E-state index contributed by atoms with van der Waals surface area (Å²) in [7, 11) is 0. The number of imidazole rings is 1. The molecule has 0 fully saturated rings. The topological polar surface area (TPSA) is 64.2 Å². The van der Waals surface area contributed by atoms with Gasteiger partial charge in [0.1, 0.15) is 12.2 Å². The van der Waals surface area contributed by atoms with Gasteiger partial charge in [-0.15, -0.1) is 0 Å². The lowest BCUT2D eigenvalue weighted by Gasteiger charge is -2.21. The van der Waals surface area contributed by atoms with E-state index >= 15 is 0 Å². The molecule has 0 atom stereocenters. The third-order valence-electron chi connectivity index (χ3n) is 2.28. The Kier molecular flexibility index (Phi) is 4.71. The molecule has 102 valence electrons. The molecule has 0 aliphatic carbocycles. The molecule has 18 heavy (non-hydrogen) atoms. The van der Waals surface area contributed by atoms with Crippen LogP contribution in [0.1, 0.15) is 17.4 Å². The van der Waals surface area contributed by atoms with Crippen LogP contribution in [0.15, 0.2) is 12.5 Å². The maximum atomic E-state index is 12.3. The monoisotopic (exact) mass is 264 g/mol. The molecule has 0 saturated heterocycles. The highest BCUT2D eigenvalue weighted by molar-refractivity contribution is 5.92. The summed E-state index contributed by atoms with van der Waals surface area (Å²) >= 11 is 0. The van der Waals surface area contributed by atoms with Crippen LogP contribution in [0.25, 0.3) is 0 Å². The normalized spacial score (nSPS) is 11.6. The average molecular weight is 264 g/mol. The molecular formula is C10H15F3N4O. The molecular weight excluding hydrogens is 249 g/mol. The van der Waals surface area contributed by atoms with Crippen molar-refractivity contribution in [2.75, 3.05) is 19.6 Å². The van der Waals surface area contributed by atoms with Gasteiger partial charge < -0.3 is 15.2 Å². The van der Waals surface area contributed by atoms with Crippen LogP contribution in [-0.4, -0.2) is 46.2 Å². The Balaban J connectivity index is 2.76. The highest BCUT2D eigenvalue weighted by Gasteiger charge is 2.33. The maximum Gasteiger partial charge on any atom is 0.406 e. The van der Waals surface area contributed by atoms with Crippen LogP contribution in [-0.2, 0) is 6.54 Å². The van der Waals surface area contributed by atoms with Crippen LogP contribution in [0.5, 0.6) is 0 Å². The molecule has 1 rings (SSSR count). The predicted octanol–water partition coefficient (Wildman–Crippen LogP) is 0.866. The Bertz CT molecular complexity index is 402. The zero-order valence-electron chi connectivity index (χ0n) is 9.94. The van der Waals surface area contributed by atoms with Crippen LogP contribution >= 0.6 is 0 Å². The van der Waals surface area contributed by atoms with Crippen LogP contribution in [0.4, 0.5) is 13.2 Å². The molecule has 1 aromatic rings. The van der Waals surface area contributed by atoms with Gasteiger partial charge in [-0.3, -0.25) is 4.79 Å². The lowest BCUT2D eigenvalue weighted by Crippen LogP contribution is -2.38. The minimum atomic E-state index is -4.41. The predicted molar refractivity (Wildman–Crippen MR) is 58.9 cm³/mol. The number of amides is 1. The standard InChI is InChI=1S/C10H15F3N4O/c1-2-17(6-10(11,12)13)9(18)8-5-16(4-3-14)7-15-8/h5,7H,2-4,6,14H2,1H3. The summed E-state index contributed by atoms with van der Waals surface area (Å²) in [5, 5.41) is 0. The Morgan fingerprint density at radius 1 is 1.56 bits per heavy atom. The summed E-state index contributed by atoms with van der Waals surface area (Å²) < 4.78 is 38.3. The van der Waals surface area contributed by atoms with Crippen LogP contribution in [0, 0.1) is 0 Å². The average Bonchev–Trinajstić information content (AvgIpc) is 2.73. The SMILES string of the molecule is CCN(CC(F)(F)F)C(=O)c1cn(CCN)cn1. The van der Waals surface area contributed by atoms with E-state index in [-0.39, 0.29) is 12.2 Å². The molecule has 0 bridgehead atoms. The summed E-state index contributed by atoms with van der Waals surface area (Å²) in [6.45, 7) is 1.02. The highest BCUT2D eigenvalue weighted by Crippen LogP contribution is 2.17. The van der Waals surface area contributed by atoms with Crippen molar-refractivity contribution in [1.29, 1.82) is 0 Å².